The summed E-state index contributed by atoms with van der Waals surface area (Å²) in [5.74, 6) is 2.41. The molecule has 1 saturated heterocycles. The first-order valence-electron chi connectivity index (χ1n) is 7.42. The van der Waals surface area contributed by atoms with Gasteiger partial charge in [-0.25, -0.2) is 9.97 Å². The van der Waals surface area contributed by atoms with Crippen molar-refractivity contribution in [1.82, 2.24) is 19.4 Å². The Morgan fingerprint density at radius 2 is 2.23 bits per heavy atom. The minimum Gasteiger partial charge on any atom is -0.342 e. The first kappa shape index (κ1) is 15.6. The van der Waals surface area contributed by atoms with Crippen LogP contribution in [0.3, 0.4) is 0 Å². The molecule has 0 bridgehead atoms. The molecular formula is C15H20N4OS2. The summed E-state index contributed by atoms with van der Waals surface area (Å²) in [4.78, 5) is 22.8. The van der Waals surface area contributed by atoms with E-state index >= 15 is 0 Å². The summed E-state index contributed by atoms with van der Waals surface area (Å²) in [6.07, 6.45) is 7.86. The Hall–Kier alpha value is -1.34. The number of piperidine rings is 1. The molecule has 2 aromatic rings. The molecule has 0 spiro atoms. The lowest BCUT2D eigenvalue weighted by atomic mass is 9.96. The van der Waals surface area contributed by atoms with Crippen LogP contribution in [0, 0.1) is 0 Å². The second-order valence-electron chi connectivity index (χ2n) is 5.48. The Morgan fingerprint density at radius 1 is 1.41 bits per heavy atom. The minimum atomic E-state index is 0.261. The van der Waals surface area contributed by atoms with Crippen LogP contribution in [0.25, 0.3) is 0 Å². The van der Waals surface area contributed by atoms with Crippen molar-refractivity contribution >= 4 is 29.0 Å². The maximum absolute atomic E-state index is 11.9. The van der Waals surface area contributed by atoms with Gasteiger partial charge in [-0.1, -0.05) is 0 Å². The zero-order valence-electron chi connectivity index (χ0n) is 12.6. The van der Waals surface area contributed by atoms with Crippen LogP contribution in [-0.4, -0.2) is 50.4 Å². The number of amides is 1. The zero-order valence-corrected chi connectivity index (χ0v) is 14.3. The number of imidazole rings is 1. The Morgan fingerprint density at radius 3 is 2.91 bits per heavy atom. The molecule has 1 fully saturated rings. The van der Waals surface area contributed by atoms with Gasteiger partial charge in [0.05, 0.1) is 23.5 Å². The molecule has 0 aromatic carbocycles. The van der Waals surface area contributed by atoms with Gasteiger partial charge in [0, 0.05) is 36.8 Å². The average molecular weight is 336 g/mol. The number of thiazole rings is 1. The van der Waals surface area contributed by atoms with Crippen LogP contribution in [0.2, 0.25) is 0 Å². The third-order valence-electron chi connectivity index (χ3n) is 4.04. The topological polar surface area (TPSA) is 51.0 Å². The van der Waals surface area contributed by atoms with Gasteiger partial charge in [-0.05, 0) is 19.1 Å². The van der Waals surface area contributed by atoms with Crippen LogP contribution in [0.1, 0.15) is 30.3 Å². The van der Waals surface area contributed by atoms with Gasteiger partial charge in [0.25, 0.3) is 0 Å². The number of thioether (sulfide) groups is 1. The van der Waals surface area contributed by atoms with Gasteiger partial charge in [0.1, 0.15) is 5.82 Å². The van der Waals surface area contributed by atoms with Crippen molar-refractivity contribution in [3.8, 4) is 0 Å². The highest BCUT2D eigenvalue weighted by atomic mass is 32.2. The smallest absolute Gasteiger partial charge is 0.232 e. The monoisotopic (exact) mass is 336 g/mol. The summed E-state index contributed by atoms with van der Waals surface area (Å²) in [6.45, 7) is 2.46. The molecule has 0 atom stereocenters. The molecule has 1 aliphatic rings. The molecule has 0 N–H and O–H groups in total. The van der Waals surface area contributed by atoms with Crippen LogP contribution in [0.15, 0.2) is 23.3 Å². The highest BCUT2D eigenvalue weighted by molar-refractivity contribution is 7.99. The van der Waals surface area contributed by atoms with Gasteiger partial charge in [0.15, 0.2) is 0 Å². The van der Waals surface area contributed by atoms with E-state index in [-0.39, 0.29) is 5.91 Å². The predicted molar refractivity (Wildman–Crippen MR) is 90.4 cm³/mol. The Bertz CT molecular complexity index is 603. The number of nitrogens with zero attached hydrogens (tertiary/aromatic N) is 4. The standard InChI is InChI=1S/C15H20N4OS2/c1-21-10-14(20)18-5-2-12(3-6-18)15-16-4-7-19(15)8-13-9-22-11-17-13/h4,7,9,11-12H,2-3,5-6,8,10H2,1H3. The second kappa shape index (κ2) is 7.28. The SMILES string of the molecule is CSCC(=O)N1CCC(c2nccn2Cc2cscn2)CC1. The fourth-order valence-corrected chi connectivity index (χ4v) is 3.89. The number of carbonyl (C=O) groups excluding carboxylic acids is 1. The van der Waals surface area contributed by atoms with E-state index in [1.54, 1.807) is 23.1 Å². The summed E-state index contributed by atoms with van der Waals surface area (Å²) >= 11 is 3.21. The summed E-state index contributed by atoms with van der Waals surface area (Å²) in [6, 6.07) is 0. The Labute approximate surface area is 138 Å². The van der Waals surface area contributed by atoms with Crippen molar-refractivity contribution in [2.75, 3.05) is 25.1 Å². The first-order valence-corrected chi connectivity index (χ1v) is 9.76. The van der Waals surface area contributed by atoms with E-state index in [1.165, 1.54) is 0 Å². The average Bonchev–Trinajstić information content (AvgIpc) is 3.20. The van der Waals surface area contributed by atoms with Gasteiger partial charge < -0.3 is 9.47 Å². The number of hydrogen-bond donors (Lipinski definition) is 0. The molecule has 3 rings (SSSR count). The molecule has 0 aliphatic carbocycles. The second-order valence-corrected chi connectivity index (χ2v) is 7.07. The predicted octanol–water partition coefficient (Wildman–Crippen LogP) is 2.46. The van der Waals surface area contributed by atoms with Crippen molar-refractivity contribution in [3.05, 3.63) is 34.8 Å². The normalized spacial score (nSPS) is 16.1. The number of hydrogen-bond acceptors (Lipinski definition) is 5. The van der Waals surface area contributed by atoms with Crippen LogP contribution >= 0.6 is 23.1 Å². The van der Waals surface area contributed by atoms with Crippen LogP contribution in [-0.2, 0) is 11.3 Å². The van der Waals surface area contributed by atoms with Crippen molar-refractivity contribution in [2.45, 2.75) is 25.3 Å². The Balaban J connectivity index is 1.62. The third-order valence-corrected chi connectivity index (χ3v) is 5.22. The summed E-state index contributed by atoms with van der Waals surface area (Å²) in [7, 11) is 0. The van der Waals surface area contributed by atoms with E-state index in [2.05, 4.69) is 19.9 Å². The van der Waals surface area contributed by atoms with Crippen LogP contribution in [0.5, 0.6) is 0 Å². The molecule has 0 saturated carbocycles. The number of carbonyl (C=O) groups is 1. The molecule has 0 unspecified atom stereocenters. The van der Waals surface area contributed by atoms with Crippen LogP contribution < -0.4 is 0 Å². The van der Waals surface area contributed by atoms with E-state index in [9.17, 15) is 4.79 Å². The quantitative estimate of drug-likeness (QED) is 0.842. The first-order chi connectivity index (χ1) is 10.8. The molecule has 3 heterocycles. The van der Waals surface area contributed by atoms with Crippen molar-refractivity contribution < 1.29 is 4.79 Å². The third kappa shape index (κ3) is 3.52. The van der Waals surface area contributed by atoms with Gasteiger partial charge in [-0.2, -0.15) is 11.8 Å². The van der Waals surface area contributed by atoms with Gasteiger partial charge in [0.2, 0.25) is 5.91 Å². The molecule has 118 valence electrons. The van der Waals surface area contributed by atoms with E-state index in [0.717, 1.165) is 44.0 Å². The highest BCUT2D eigenvalue weighted by Crippen LogP contribution is 2.27. The lowest BCUT2D eigenvalue weighted by Gasteiger charge is -2.31. The van der Waals surface area contributed by atoms with Gasteiger partial charge in [-0.3, -0.25) is 4.79 Å². The van der Waals surface area contributed by atoms with Gasteiger partial charge in [-0.15, -0.1) is 11.3 Å². The lowest BCUT2D eigenvalue weighted by Crippen LogP contribution is -2.39. The van der Waals surface area contributed by atoms with Crippen molar-refractivity contribution in [2.24, 2.45) is 0 Å². The fourth-order valence-electron chi connectivity index (χ4n) is 2.91. The summed E-state index contributed by atoms with van der Waals surface area (Å²) in [5.41, 5.74) is 2.94. The van der Waals surface area contributed by atoms with E-state index in [1.807, 2.05) is 29.1 Å². The molecule has 2 aromatic heterocycles. The highest BCUT2D eigenvalue weighted by Gasteiger charge is 2.26. The number of rotatable bonds is 5. The summed E-state index contributed by atoms with van der Waals surface area (Å²) in [5, 5.41) is 2.08. The van der Waals surface area contributed by atoms with Crippen LogP contribution in [0.4, 0.5) is 0 Å². The maximum Gasteiger partial charge on any atom is 0.232 e. The minimum absolute atomic E-state index is 0.261. The lowest BCUT2D eigenvalue weighted by molar-refractivity contribution is -0.129. The van der Waals surface area contributed by atoms with Crippen molar-refractivity contribution in [3.63, 3.8) is 0 Å². The largest absolute Gasteiger partial charge is 0.342 e. The molecular weight excluding hydrogens is 316 g/mol. The van der Waals surface area contributed by atoms with Crippen molar-refractivity contribution in [1.29, 1.82) is 0 Å². The Kier molecular flexibility index (Phi) is 5.15. The number of aromatic nitrogens is 3. The molecule has 0 radical (unpaired) electrons. The fraction of sp³-hybridized carbons (Fsp3) is 0.533. The van der Waals surface area contributed by atoms with E-state index in [4.69, 9.17) is 0 Å². The van der Waals surface area contributed by atoms with E-state index < -0.39 is 0 Å². The maximum atomic E-state index is 11.9. The molecule has 1 aliphatic heterocycles. The van der Waals surface area contributed by atoms with E-state index in [0.29, 0.717) is 11.7 Å². The molecule has 22 heavy (non-hydrogen) atoms. The summed E-state index contributed by atoms with van der Waals surface area (Å²) < 4.78 is 2.19. The molecule has 7 heteroatoms. The molecule has 1 amide bonds. The molecule has 5 nitrogen and oxygen atoms in total. The van der Waals surface area contributed by atoms with Gasteiger partial charge >= 0.3 is 0 Å². The number of likely N-dealkylation sites (tertiary alicyclic amines) is 1. The zero-order chi connectivity index (χ0) is 15.4.